The van der Waals surface area contributed by atoms with Gasteiger partial charge in [-0.05, 0) is 25.0 Å². The van der Waals surface area contributed by atoms with E-state index < -0.39 is 17.4 Å². The molecule has 6 nitrogen and oxygen atoms in total. The third-order valence-corrected chi connectivity index (χ3v) is 4.53. The van der Waals surface area contributed by atoms with Gasteiger partial charge in [0, 0.05) is 12.6 Å². The topological polar surface area (TPSA) is 86.7 Å². The average Bonchev–Trinajstić information content (AvgIpc) is 2.59. The molecule has 0 saturated heterocycles. The first kappa shape index (κ1) is 17.0. The lowest BCUT2D eigenvalue weighted by molar-refractivity contribution is -0.159. The predicted molar refractivity (Wildman–Crippen MR) is 85.0 cm³/mol. The summed E-state index contributed by atoms with van der Waals surface area (Å²) in [6.07, 6.45) is 3.48. The maximum absolute atomic E-state index is 12.3. The third-order valence-electron chi connectivity index (χ3n) is 4.53. The number of hydrogen-bond acceptors (Lipinski definition) is 3. The SMILES string of the molecule is CN(C(=O)CNC(=O)c1ccccc1)C1(C(=O)O)CCCCC1. The molecule has 0 heterocycles. The lowest BCUT2D eigenvalue weighted by atomic mass is 9.80. The lowest BCUT2D eigenvalue weighted by Gasteiger charge is -2.41. The summed E-state index contributed by atoms with van der Waals surface area (Å²) >= 11 is 0. The molecule has 23 heavy (non-hydrogen) atoms. The molecule has 1 saturated carbocycles. The van der Waals surface area contributed by atoms with E-state index in [1.54, 1.807) is 30.3 Å². The van der Waals surface area contributed by atoms with Crippen molar-refractivity contribution in [3.8, 4) is 0 Å². The molecule has 0 bridgehead atoms. The number of likely N-dealkylation sites (N-methyl/N-ethyl adjacent to an activating group) is 1. The molecule has 0 unspecified atom stereocenters. The van der Waals surface area contributed by atoms with Crippen LogP contribution in [0, 0.1) is 0 Å². The summed E-state index contributed by atoms with van der Waals surface area (Å²) in [5.74, 6) is -1.71. The van der Waals surface area contributed by atoms with Crippen LogP contribution < -0.4 is 5.32 Å². The van der Waals surface area contributed by atoms with Crippen LogP contribution >= 0.6 is 0 Å². The van der Waals surface area contributed by atoms with Crippen molar-refractivity contribution >= 4 is 17.8 Å². The van der Waals surface area contributed by atoms with Crippen molar-refractivity contribution in [2.75, 3.05) is 13.6 Å². The van der Waals surface area contributed by atoms with Gasteiger partial charge in [-0.25, -0.2) is 4.79 Å². The number of rotatable bonds is 5. The van der Waals surface area contributed by atoms with Crippen LogP contribution in [0.15, 0.2) is 30.3 Å². The Morgan fingerprint density at radius 1 is 1.13 bits per heavy atom. The number of hydrogen-bond donors (Lipinski definition) is 2. The fourth-order valence-corrected chi connectivity index (χ4v) is 3.03. The van der Waals surface area contributed by atoms with Gasteiger partial charge in [0.25, 0.3) is 5.91 Å². The fraction of sp³-hybridized carbons (Fsp3) is 0.471. The van der Waals surface area contributed by atoms with Crippen LogP contribution in [0.1, 0.15) is 42.5 Å². The van der Waals surface area contributed by atoms with Crippen LogP contribution in [0.25, 0.3) is 0 Å². The molecule has 1 aromatic carbocycles. The highest BCUT2D eigenvalue weighted by atomic mass is 16.4. The van der Waals surface area contributed by atoms with E-state index in [0.29, 0.717) is 18.4 Å². The largest absolute Gasteiger partial charge is 0.479 e. The smallest absolute Gasteiger partial charge is 0.329 e. The zero-order chi connectivity index (χ0) is 16.9. The van der Waals surface area contributed by atoms with Crippen LogP contribution in [0.2, 0.25) is 0 Å². The monoisotopic (exact) mass is 318 g/mol. The van der Waals surface area contributed by atoms with E-state index in [1.165, 1.54) is 11.9 Å². The van der Waals surface area contributed by atoms with Gasteiger partial charge in [-0.2, -0.15) is 0 Å². The molecular formula is C17H22N2O4. The summed E-state index contributed by atoms with van der Waals surface area (Å²) < 4.78 is 0. The predicted octanol–water partition coefficient (Wildman–Crippen LogP) is 1.66. The summed E-state index contributed by atoms with van der Waals surface area (Å²) in [6, 6.07) is 8.59. The Morgan fingerprint density at radius 2 is 1.74 bits per heavy atom. The average molecular weight is 318 g/mol. The molecule has 1 fully saturated rings. The minimum absolute atomic E-state index is 0.209. The Morgan fingerprint density at radius 3 is 2.30 bits per heavy atom. The number of carboxylic acids is 1. The Hall–Kier alpha value is -2.37. The molecule has 0 atom stereocenters. The standard InChI is InChI=1S/C17H22N2O4/c1-19(17(16(22)23)10-6-3-7-11-17)14(20)12-18-15(21)13-8-4-2-5-9-13/h2,4-5,8-9H,3,6-7,10-12H2,1H3,(H,18,21)(H,22,23). The first-order chi connectivity index (χ1) is 11.0. The van der Waals surface area contributed by atoms with E-state index in [4.69, 9.17) is 0 Å². The van der Waals surface area contributed by atoms with Crippen LogP contribution in [0.3, 0.4) is 0 Å². The van der Waals surface area contributed by atoms with Crippen LogP contribution in [-0.4, -0.2) is 46.9 Å². The Kier molecular flexibility index (Phi) is 5.36. The van der Waals surface area contributed by atoms with E-state index >= 15 is 0 Å². The van der Waals surface area contributed by atoms with Gasteiger partial charge in [0.2, 0.25) is 5.91 Å². The lowest BCUT2D eigenvalue weighted by Crippen LogP contribution is -2.58. The number of carboxylic acid groups (broad SMARTS) is 1. The highest BCUT2D eigenvalue weighted by Crippen LogP contribution is 2.33. The molecule has 6 heteroatoms. The minimum atomic E-state index is -1.15. The number of carbonyl (C=O) groups is 3. The number of benzene rings is 1. The number of nitrogens with zero attached hydrogens (tertiary/aromatic N) is 1. The summed E-state index contributed by atoms with van der Waals surface area (Å²) in [4.78, 5) is 37.3. The van der Waals surface area contributed by atoms with Gasteiger partial charge in [-0.15, -0.1) is 0 Å². The fourth-order valence-electron chi connectivity index (χ4n) is 3.03. The molecule has 0 aliphatic heterocycles. The molecule has 0 aromatic heterocycles. The van der Waals surface area contributed by atoms with E-state index in [-0.39, 0.29) is 12.5 Å². The molecule has 1 aliphatic carbocycles. The van der Waals surface area contributed by atoms with Gasteiger partial charge in [-0.1, -0.05) is 37.5 Å². The normalized spacial score (nSPS) is 16.4. The third kappa shape index (κ3) is 3.70. The van der Waals surface area contributed by atoms with Crippen LogP contribution in [0.5, 0.6) is 0 Å². The van der Waals surface area contributed by atoms with Gasteiger partial charge < -0.3 is 15.3 Å². The molecule has 0 radical (unpaired) electrons. The highest BCUT2D eigenvalue weighted by Gasteiger charge is 2.45. The van der Waals surface area contributed by atoms with Gasteiger partial charge in [0.15, 0.2) is 0 Å². The first-order valence-electron chi connectivity index (χ1n) is 7.81. The van der Waals surface area contributed by atoms with E-state index in [9.17, 15) is 19.5 Å². The van der Waals surface area contributed by atoms with Gasteiger partial charge in [0.05, 0.1) is 6.54 Å². The van der Waals surface area contributed by atoms with Crippen molar-refractivity contribution < 1.29 is 19.5 Å². The van der Waals surface area contributed by atoms with Gasteiger partial charge in [0.1, 0.15) is 5.54 Å². The van der Waals surface area contributed by atoms with Gasteiger partial charge >= 0.3 is 5.97 Å². The summed E-state index contributed by atoms with van der Waals surface area (Å²) in [5.41, 5.74) is -0.680. The first-order valence-corrected chi connectivity index (χ1v) is 7.81. The quantitative estimate of drug-likeness (QED) is 0.864. The van der Waals surface area contributed by atoms with Crippen molar-refractivity contribution in [3.63, 3.8) is 0 Å². The Labute approximate surface area is 135 Å². The molecule has 2 N–H and O–H groups in total. The van der Waals surface area contributed by atoms with Crippen LogP contribution in [-0.2, 0) is 9.59 Å². The second kappa shape index (κ2) is 7.26. The molecule has 2 rings (SSSR count). The Balaban J connectivity index is 1.99. The maximum atomic E-state index is 12.3. The van der Waals surface area contributed by atoms with Crippen molar-refractivity contribution in [1.82, 2.24) is 10.2 Å². The molecule has 1 aliphatic rings. The van der Waals surface area contributed by atoms with Crippen molar-refractivity contribution in [2.24, 2.45) is 0 Å². The van der Waals surface area contributed by atoms with Crippen molar-refractivity contribution in [3.05, 3.63) is 35.9 Å². The number of nitrogens with one attached hydrogen (secondary N) is 1. The molecule has 1 aromatic rings. The second-order valence-electron chi connectivity index (χ2n) is 5.90. The number of aliphatic carboxylic acids is 1. The summed E-state index contributed by atoms with van der Waals surface area (Å²) in [6.45, 7) is -0.209. The van der Waals surface area contributed by atoms with E-state index in [0.717, 1.165) is 19.3 Å². The summed E-state index contributed by atoms with van der Waals surface area (Å²) in [7, 11) is 1.51. The zero-order valence-corrected chi connectivity index (χ0v) is 13.2. The molecule has 0 spiro atoms. The van der Waals surface area contributed by atoms with E-state index in [2.05, 4.69) is 5.32 Å². The van der Waals surface area contributed by atoms with Gasteiger partial charge in [-0.3, -0.25) is 9.59 Å². The zero-order valence-electron chi connectivity index (χ0n) is 13.2. The van der Waals surface area contributed by atoms with Crippen molar-refractivity contribution in [2.45, 2.75) is 37.6 Å². The number of amides is 2. The summed E-state index contributed by atoms with van der Waals surface area (Å²) in [5, 5.41) is 12.1. The van der Waals surface area contributed by atoms with Crippen LogP contribution in [0.4, 0.5) is 0 Å². The Bertz CT molecular complexity index is 580. The molecule has 2 amide bonds. The maximum Gasteiger partial charge on any atom is 0.329 e. The second-order valence-corrected chi connectivity index (χ2v) is 5.90. The minimum Gasteiger partial charge on any atom is -0.479 e. The number of carbonyl (C=O) groups excluding carboxylic acids is 2. The van der Waals surface area contributed by atoms with Crippen molar-refractivity contribution in [1.29, 1.82) is 0 Å². The van der Waals surface area contributed by atoms with E-state index in [1.807, 2.05) is 0 Å². The highest BCUT2D eigenvalue weighted by molar-refractivity contribution is 5.97. The molecule has 124 valence electrons. The molecular weight excluding hydrogens is 296 g/mol.